The molecule has 3 rings (SSSR count). The van der Waals surface area contributed by atoms with Gasteiger partial charge in [0.15, 0.2) is 6.54 Å². The lowest BCUT2D eigenvalue weighted by Crippen LogP contribution is -3.15. The van der Waals surface area contributed by atoms with Gasteiger partial charge in [0.25, 0.3) is 11.7 Å². The molecule has 1 aliphatic rings. The third-order valence-electron chi connectivity index (χ3n) is 5.03. The van der Waals surface area contributed by atoms with Crippen LogP contribution in [0.5, 0.6) is 0 Å². The van der Waals surface area contributed by atoms with Crippen molar-refractivity contribution >= 4 is 34.0 Å². The molecule has 2 aromatic rings. The van der Waals surface area contributed by atoms with Crippen molar-refractivity contribution < 1.29 is 24.2 Å². The number of rotatable bonds is 6. The van der Waals surface area contributed by atoms with Gasteiger partial charge in [-0.15, -0.1) is 11.3 Å². The monoisotopic (exact) mass is 404 g/mol. The highest BCUT2D eigenvalue weighted by Crippen LogP contribution is 2.32. The number of ether oxygens (including phenoxy) is 1. The SMILES string of the molecule is CCOC(=O)c1c(NC(=O)C[NH+]2CCN(c3cccc[nH+]3)CC2)sc(C)c1C. The summed E-state index contributed by atoms with van der Waals surface area (Å²) in [7, 11) is 0. The summed E-state index contributed by atoms with van der Waals surface area (Å²) in [6.07, 6.45) is 1.92. The zero-order valence-electron chi connectivity index (χ0n) is 16.6. The van der Waals surface area contributed by atoms with Crippen molar-refractivity contribution in [1.82, 2.24) is 0 Å². The number of hydrogen-bond donors (Lipinski definition) is 2. The van der Waals surface area contributed by atoms with Gasteiger partial charge in [-0.25, -0.2) is 9.78 Å². The van der Waals surface area contributed by atoms with Crippen LogP contribution in [0.1, 0.15) is 27.7 Å². The van der Waals surface area contributed by atoms with E-state index in [0.717, 1.165) is 42.4 Å². The molecule has 28 heavy (non-hydrogen) atoms. The first-order valence-electron chi connectivity index (χ1n) is 9.61. The molecule has 0 unspecified atom stereocenters. The number of aryl methyl sites for hydroxylation is 1. The number of nitrogens with zero attached hydrogens (tertiary/aromatic N) is 1. The lowest BCUT2D eigenvalue weighted by atomic mass is 10.1. The molecular weight excluding hydrogens is 376 g/mol. The minimum atomic E-state index is -0.375. The Bertz CT molecular complexity index is 829. The Hall–Kier alpha value is -2.45. The summed E-state index contributed by atoms with van der Waals surface area (Å²) in [5.41, 5.74) is 1.36. The Morgan fingerprint density at radius 2 is 2.04 bits per heavy atom. The first-order chi connectivity index (χ1) is 13.5. The molecule has 0 aromatic carbocycles. The zero-order valence-corrected chi connectivity index (χ0v) is 17.4. The molecular formula is C20H28N4O3S+2. The number of nitrogens with one attached hydrogen (secondary N) is 3. The molecule has 0 radical (unpaired) electrons. The minimum absolute atomic E-state index is 0.0680. The third kappa shape index (κ3) is 4.69. The Morgan fingerprint density at radius 1 is 1.29 bits per heavy atom. The van der Waals surface area contributed by atoms with E-state index in [1.165, 1.54) is 16.2 Å². The van der Waals surface area contributed by atoms with Crippen molar-refractivity contribution in [1.29, 1.82) is 0 Å². The van der Waals surface area contributed by atoms with E-state index in [1.54, 1.807) is 6.92 Å². The number of aromatic amines is 1. The van der Waals surface area contributed by atoms with Gasteiger partial charge >= 0.3 is 5.97 Å². The van der Waals surface area contributed by atoms with Crippen LogP contribution in [-0.2, 0) is 9.53 Å². The maximum absolute atomic E-state index is 12.6. The number of hydrogen-bond acceptors (Lipinski definition) is 5. The smallest absolute Gasteiger partial charge is 0.341 e. The molecule has 0 saturated carbocycles. The lowest BCUT2D eigenvalue weighted by molar-refractivity contribution is -0.892. The maximum Gasteiger partial charge on any atom is 0.341 e. The average Bonchev–Trinajstić information content (AvgIpc) is 2.96. The van der Waals surface area contributed by atoms with Crippen LogP contribution >= 0.6 is 11.3 Å². The molecule has 2 aromatic heterocycles. The molecule has 8 heteroatoms. The second kappa shape index (κ2) is 9.16. The number of aromatic nitrogens is 1. The Morgan fingerprint density at radius 3 is 2.68 bits per heavy atom. The number of quaternary nitrogens is 1. The van der Waals surface area contributed by atoms with E-state index in [9.17, 15) is 9.59 Å². The summed E-state index contributed by atoms with van der Waals surface area (Å²) in [6.45, 7) is 9.90. The van der Waals surface area contributed by atoms with Gasteiger partial charge in [0, 0.05) is 10.9 Å². The first-order valence-corrected chi connectivity index (χ1v) is 10.4. The van der Waals surface area contributed by atoms with Crippen molar-refractivity contribution in [3.8, 4) is 0 Å². The van der Waals surface area contributed by atoms with Crippen LogP contribution in [0.3, 0.4) is 0 Å². The predicted octanol–water partition coefficient (Wildman–Crippen LogP) is 0.699. The average molecular weight is 405 g/mol. The first kappa shape index (κ1) is 20.3. The highest BCUT2D eigenvalue weighted by molar-refractivity contribution is 7.16. The summed E-state index contributed by atoms with van der Waals surface area (Å²) >= 11 is 1.43. The lowest BCUT2D eigenvalue weighted by Gasteiger charge is -2.27. The van der Waals surface area contributed by atoms with E-state index >= 15 is 0 Å². The van der Waals surface area contributed by atoms with Crippen molar-refractivity contribution in [2.45, 2.75) is 20.8 Å². The normalized spacial score (nSPS) is 14.8. The molecule has 0 atom stereocenters. The Labute approximate surface area is 169 Å². The molecule has 7 nitrogen and oxygen atoms in total. The van der Waals surface area contributed by atoms with E-state index < -0.39 is 0 Å². The van der Waals surface area contributed by atoms with E-state index in [-0.39, 0.29) is 11.9 Å². The van der Waals surface area contributed by atoms with Gasteiger partial charge in [-0.3, -0.25) is 9.69 Å². The molecule has 1 amide bonds. The van der Waals surface area contributed by atoms with Crippen molar-refractivity contribution in [3.63, 3.8) is 0 Å². The molecule has 150 valence electrons. The Balaban J connectivity index is 1.57. The van der Waals surface area contributed by atoms with Gasteiger partial charge in [0.1, 0.15) is 31.2 Å². The van der Waals surface area contributed by atoms with E-state index in [1.807, 2.05) is 32.2 Å². The number of anilines is 2. The van der Waals surface area contributed by atoms with Gasteiger partial charge in [0.2, 0.25) is 0 Å². The molecule has 0 aliphatic carbocycles. The number of carbonyl (C=O) groups excluding carboxylic acids is 2. The number of thiophene rings is 1. The van der Waals surface area contributed by atoms with Gasteiger partial charge in [-0.05, 0) is 32.4 Å². The van der Waals surface area contributed by atoms with E-state index in [0.29, 0.717) is 23.7 Å². The molecule has 0 bridgehead atoms. The second-order valence-electron chi connectivity index (χ2n) is 6.92. The number of carbonyl (C=O) groups is 2. The number of H-pyrrole nitrogens is 1. The van der Waals surface area contributed by atoms with Gasteiger partial charge < -0.3 is 15.0 Å². The van der Waals surface area contributed by atoms with Crippen LogP contribution in [-0.4, -0.2) is 51.2 Å². The highest BCUT2D eigenvalue weighted by Gasteiger charge is 2.28. The van der Waals surface area contributed by atoms with E-state index in [2.05, 4.69) is 21.3 Å². The summed E-state index contributed by atoms with van der Waals surface area (Å²) in [6, 6.07) is 6.05. The Kier molecular flexibility index (Phi) is 6.64. The summed E-state index contributed by atoms with van der Waals surface area (Å²) in [5, 5.41) is 3.53. The van der Waals surface area contributed by atoms with Gasteiger partial charge in [0.05, 0.1) is 18.4 Å². The molecule has 0 spiro atoms. The largest absolute Gasteiger partial charge is 0.462 e. The van der Waals surface area contributed by atoms with Crippen LogP contribution in [0.2, 0.25) is 0 Å². The van der Waals surface area contributed by atoms with E-state index in [4.69, 9.17) is 4.74 Å². The fraction of sp³-hybridized carbons (Fsp3) is 0.450. The van der Waals surface area contributed by atoms with Crippen LogP contribution in [0.15, 0.2) is 24.4 Å². The molecule has 1 aliphatic heterocycles. The summed E-state index contributed by atoms with van der Waals surface area (Å²) in [4.78, 5) is 32.7. The molecule has 3 heterocycles. The van der Waals surface area contributed by atoms with Crippen molar-refractivity contribution in [2.75, 3.05) is 49.5 Å². The van der Waals surface area contributed by atoms with Crippen LogP contribution < -0.4 is 20.1 Å². The second-order valence-corrected chi connectivity index (χ2v) is 8.14. The number of amides is 1. The van der Waals surface area contributed by atoms with Gasteiger partial charge in [-0.2, -0.15) is 0 Å². The topological polar surface area (TPSA) is 77.2 Å². The van der Waals surface area contributed by atoms with Crippen molar-refractivity contribution in [2.24, 2.45) is 0 Å². The maximum atomic E-state index is 12.6. The fourth-order valence-electron chi connectivity index (χ4n) is 3.38. The number of pyridine rings is 1. The van der Waals surface area contributed by atoms with Gasteiger partial charge in [-0.1, -0.05) is 6.07 Å². The quantitative estimate of drug-likeness (QED) is 0.695. The third-order valence-corrected chi connectivity index (χ3v) is 6.15. The number of piperazine rings is 1. The molecule has 3 N–H and O–H groups in total. The summed E-state index contributed by atoms with van der Waals surface area (Å²) < 4.78 is 5.15. The van der Waals surface area contributed by atoms with Crippen LogP contribution in [0, 0.1) is 13.8 Å². The fourth-order valence-corrected chi connectivity index (χ4v) is 4.45. The van der Waals surface area contributed by atoms with Crippen molar-refractivity contribution in [3.05, 3.63) is 40.4 Å². The molecule has 1 fully saturated rings. The zero-order chi connectivity index (χ0) is 20.1. The summed E-state index contributed by atoms with van der Waals surface area (Å²) in [5.74, 6) is 0.663. The predicted molar refractivity (Wildman–Crippen MR) is 109 cm³/mol. The molecule has 1 saturated heterocycles. The van der Waals surface area contributed by atoms with Crippen LogP contribution in [0.4, 0.5) is 10.8 Å². The standard InChI is InChI=1S/C20H26N4O3S/c1-4-27-20(26)18-14(2)15(3)28-19(18)22-17(25)13-23-9-11-24(12-10-23)16-7-5-6-8-21-16/h5-8H,4,9-13H2,1-3H3,(H,22,25)/p+2. The van der Waals surface area contributed by atoms with Crippen LogP contribution in [0.25, 0.3) is 0 Å². The number of esters is 1. The highest BCUT2D eigenvalue weighted by atomic mass is 32.1. The minimum Gasteiger partial charge on any atom is -0.462 e.